The molecule has 31 heavy (non-hydrogen) atoms. The van der Waals surface area contributed by atoms with Crippen molar-refractivity contribution < 1.29 is 14.4 Å². The van der Waals surface area contributed by atoms with Gasteiger partial charge in [-0.05, 0) is 29.5 Å². The first-order valence-electron chi connectivity index (χ1n) is 10.1. The standard InChI is InChI=1S/C24H23N3O3S/c1-17(20-13-8-14-31-20)25-21(28)16-27-23(29)22(19-11-6-3-7-12-19)26(24(27)30)15-18-9-4-2-5-10-18/h2-14,17,22H,15-16H2,1H3,(H,25,28). The number of hydrogen-bond donors (Lipinski definition) is 1. The molecule has 3 aromatic rings. The Morgan fingerprint density at radius 1 is 1.00 bits per heavy atom. The topological polar surface area (TPSA) is 69.7 Å². The van der Waals surface area contributed by atoms with Crippen LogP contribution in [-0.4, -0.2) is 34.2 Å². The number of carbonyl (C=O) groups is 3. The Morgan fingerprint density at radius 2 is 1.68 bits per heavy atom. The van der Waals surface area contributed by atoms with Gasteiger partial charge >= 0.3 is 6.03 Å². The molecule has 0 saturated carbocycles. The predicted molar refractivity (Wildman–Crippen MR) is 119 cm³/mol. The highest BCUT2D eigenvalue weighted by molar-refractivity contribution is 7.10. The van der Waals surface area contributed by atoms with Gasteiger partial charge in [-0.25, -0.2) is 4.79 Å². The summed E-state index contributed by atoms with van der Waals surface area (Å²) >= 11 is 1.55. The molecule has 0 bridgehead atoms. The van der Waals surface area contributed by atoms with Crippen LogP contribution in [0.2, 0.25) is 0 Å². The highest BCUT2D eigenvalue weighted by Crippen LogP contribution is 2.32. The number of thiophene rings is 1. The molecule has 158 valence electrons. The zero-order valence-electron chi connectivity index (χ0n) is 17.1. The molecule has 1 aromatic heterocycles. The van der Waals surface area contributed by atoms with E-state index in [1.807, 2.05) is 85.1 Å². The number of amides is 4. The van der Waals surface area contributed by atoms with Gasteiger partial charge < -0.3 is 10.2 Å². The van der Waals surface area contributed by atoms with Crippen LogP contribution in [0.3, 0.4) is 0 Å². The van der Waals surface area contributed by atoms with Crippen LogP contribution in [0.5, 0.6) is 0 Å². The van der Waals surface area contributed by atoms with Crippen LogP contribution >= 0.6 is 11.3 Å². The quantitative estimate of drug-likeness (QED) is 0.570. The van der Waals surface area contributed by atoms with Crippen LogP contribution in [0.25, 0.3) is 0 Å². The summed E-state index contributed by atoms with van der Waals surface area (Å²) in [5.74, 6) is -0.748. The van der Waals surface area contributed by atoms with Crippen LogP contribution in [-0.2, 0) is 16.1 Å². The number of rotatable bonds is 7. The third-order valence-electron chi connectivity index (χ3n) is 5.25. The van der Waals surface area contributed by atoms with E-state index in [0.29, 0.717) is 0 Å². The van der Waals surface area contributed by atoms with Crippen molar-refractivity contribution in [3.05, 3.63) is 94.2 Å². The van der Waals surface area contributed by atoms with Crippen molar-refractivity contribution in [2.24, 2.45) is 0 Å². The summed E-state index contributed by atoms with van der Waals surface area (Å²) < 4.78 is 0. The van der Waals surface area contributed by atoms with Crippen LogP contribution < -0.4 is 5.32 Å². The van der Waals surface area contributed by atoms with Crippen molar-refractivity contribution in [2.45, 2.75) is 25.6 Å². The first kappa shape index (κ1) is 20.8. The molecule has 1 aliphatic rings. The third kappa shape index (κ3) is 4.51. The SMILES string of the molecule is CC(NC(=O)CN1C(=O)C(c2ccccc2)N(Cc2ccccc2)C1=O)c1cccs1. The number of imide groups is 1. The normalized spacial score (nSPS) is 17.1. The molecule has 2 heterocycles. The highest BCUT2D eigenvalue weighted by Gasteiger charge is 2.46. The van der Waals surface area contributed by atoms with Gasteiger partial charge in [0.2, 0.25) is 5.91 Å². The summed E-state index contributed by atoms with van der Waals surface area (Å²) in [5, 5.41) is 4.82. The molecule has 6 nitrogen and oxygen atoms in total. The monoisotopic (exact) mass is 433 g/mol. The average molecular weight is 434 g/mol. The molecule has 4 rings (SSSR count). The lowest BCUT2D eigenvalue weighted by Crippen LogP contribution is -2.42. The van der Waals surface area contributed by atoms with Gasteiger partial charge in [-0.2, -0.15) is 0 Å². The second-order valence-electron chi connectivity index (χ2n) is 7.44. The van der Waals surface area contributed by atoms with E-state index in [1.165, 1.54) is 4.90 Å². The van der Waals surface area contributed by atoms with Crippen LogP contribution in [0, 0.1) is 0 Å². The predicted octanol–water partition coefficient (Wildman–Crippen LogP) is 4.13. The summed E-state index contributed by atoms with van der Waals surface area (Å²) in [6, 6.07) is 21.2. The molecule has 2 aromatic carbocycles. The Hall–Kier alpha value is -3.45. The van der Waals surface area contributed by atoms with E-state index >= 15 is 0 Å². The Bertz CT molecular complexity index is 1050. The first-order chi connectivity index (χ1) is 15.0. The zero-order chi connectivity index (χ0) is 21.8. The smallest absolute Gasteiger partial charge is 0.328 e. The van der Waals surface area contributed by atoms with Crippen molar-refractivity contribution in [1.29, 1.82) is 0 Å². The van der Waals surface area contributed by atoms with Gasteiger partial charge in [0.05, 0.1) is 6.04 Å². The summed E-state index contributed by atoms with van der Waals surface area (Å²) in [4.78, 5) is 42.7. The van der Waals surface area contributed by atoms with Crippen molar-refractivity contribution in [3.63, 3.8) is 0 Å². The van der Waals surface area contributed by atoms with Gasteiger partial charge in [0, 0.05) is 11.4 Å². The second-order valence-corrected chi connectivity index (χ2v) is 8.42. The molecule has 1 saturated heterocycles. The number of hydrogen-bond acceptors (Lipinski definition) is 4. The second kappa shape index (κ2) is 9.14. The maximum atomic E-state index is 13.3. The molecule has 0 radical (unpaired) electrons. The molecular formula is C24H23N3O3S. The van der Waals surface area contributed by atoms with Gasteiger partial charge in [0.15, 0.2) is 0 Å². The highest BCUT2D eigenvalue weighted by atomic mass is 32.1. The van der Waals surface area contributed by atoms with E-state index in [2.05, 4.69) is 5.32 Å². The van der Waals surface area contributed by atoms with Crippen molar-refractivity contribution in [3.8, 4) is 0 Å². The number of carbonyl (C=O) groups excluding carboxylic acids is 3. The van der Waals surface area contributed by atoms with Crippen molar-refractivity contribution in [2.75, 3.05) is 6.54 Å². The van der Waals surface area contributed by atoms with Gasteiger partial charge in [-0.3, -0.25) is 14.5 Å². The van der Waals surface area contributed by atoms with Crippen molar-refractivity contribution >= 4 is 29.2 Å². The number of urea groups is 1. The Labute approximate surface area is 185 Å². The molecule has 7 heteroatoms. The van der Waals surface area contributed by atoms with Crippen LogP contribution in [0.15, 0.2) is 78.2 Å². The summed E-state index contributed by atoms with van der Waals surface area (Å²) in [6.07, 6.45) is 0. The van der Waals surface area contributed by atoms with E-state index in [9.17, 15) is 14.4 Å². The van der Waals surface area contributed by atoms with Gasteiger partial charge in [0.25, 0.3) is 5.91 Å². The Kier molecular flexibility index (Phi) is 6.13. The summed E-state index contributed by atoms with van der Waals surface area (Å²) in [5.41, 5.74) is 1.65. The molecule has 2 unspecified atom stereocenters. The molecule has 1 N–H and O–H groups in total. The molecule has 2 atom stereocenters. The lowest BCUT2D eigenvalue weighted by atomic mass is 10.1. The number of nitrogens with zero attached hydrogens (tertiary/aromatic N) is 2. The maximum Gasteiger partial charge on any atom is 0.328 e. The van der Waals surface area contributed by atoms with Crippen molar-refractivity contribution in [1.82, 2.24) is 15.1 Å². The lowest BCUT2D eigenvalue weighted by Gasteiger charge is -2.22. The minimum absolute atomic E-state index is 0.189. The minimum Gasteiger partial charge on any atom is -0.347 e. The Morgan fingerprint density at radius 3 is 2.32 bits per heavy atom. The molecule has 1 aliphatic heterocycles. The van der Waals surface area contributed by atoms with Gasteiger partial charge in [-0.15, -0.1) is 11.3 Å². The number of nitrogens with one attached hydrogen (secondary N) is 1. The summed E-state index contributed by atoms with van der Waals surface area (Å²) in [7, 11) is 0. The largest absolute Gasteiger partial charge is 0.347 e. The average Bonchev–Trinajstić information content (AvgIpc) is 3.39. The molecule has 0 aliphatic carbocycles. The van der Waals surface area contributed by atoms with Gasteiger partial charge in [-0.1, -0.05) is 66.7 Å². The van der Waals surface area contributed by atoms with E-state index in [-0.39, 0.29) is 30.9 Å². The van der Waals surface area contributed by atoms with Gasteiger partial charge in [0.1, 0.15) is 12.6 Å². The zero-order valence-corrected chi connectivity index (χ0v) is 17.9. The van der Waals surface area contributed by atoms with Crippen LogP contribution in [0.1, 0.15) is 35.0 Å². The minimum atomic E-state index is -0.753. The Balaban J connectivity index is 1.55. The fourth-order valence-corrected chi connectivity index (χ4v) is 4.46. The van der Waals surface area contributed by atoms with E-state index in [1.54, 1.807) is 11.3 Å². The lowest BCUT2D eigenvalue weighted by molar-refractivity contribution is -0.133. The fraction of sp³-hybridized carbons (Fsp3) is 0.208. The van der Waals surface area contributed by atoms with Crippen LogP contribution in [0.4, 0.5) is 4.79 Å². The third-order valence-corrected chi connectivity index (χ3v) is 6.30. The van der Waals surface area contributed by atoms with E-state index in [0.717, 1.165) is 20.9 Å². The molecule has 4 amide bonds. The maximum absolute atomic E-state index is 13.3. The molecular weight excluding hydrogens is 410 g/mol. The molecule has 0 spiro atoms. The van der Waals surface area contributed by atoms with E-state index in [4.69, 9.17) is 0 Å². The first-order valence-corrected chi connectivity index (χ1v) is 11.0. The summed E-state index contributed by atoms with van der Waals surface area (Å²) in [6.45, 7) is 1.86. The number of benzene rings is 2. The molecule has 1 fully saturated rings. The van der Waals surface area contributed by atoms with E-state index < -0.39 is 12.1 Å². The fourth-order valence-electron chi connectivity index (χ4n) is 3.72.